The highest BCUT2D eigenvalue weighted by molar-refractivity contribution is 7.14. The van der Waals surface area contributed by atoms with E-state index in [9.17, 15) is 4.79 Å². The number of carbonyl (C=O) groups is 1. The molecule has 0 aliphatic carbocycles. The van der Waals surface area contributed by atoms with Gasteiger partial charge in [0.2, 0.25) is 0 Å². The monoisotopic (exact) mass is 302 g/mol. The number of pyridine rings is 1. The zero-order valence-electron chi connectivity index (χ0n) is 12.8. The molecule has 2 aromatic heterocycles. The Balaban J connectivity index is 2.10. The molecule has 0 saturated heterocycles. The van der Waals surface area contributed by atoms with Crippen LogP contribution in [0, 0.1) is 0 Å². The molecule has 0 aromatic carbocycles. The molecule has 2 aromatic rings. The highest BCUT2D eigenvalue weighted by atomic mass is 32.1. The van der Waals surface area contributed by atoms with Crippen molar-refractivity contribution >= 4 is 17.2 Å². The molecule has 0 radical (unpaired) electrons. The van der Waals surface area contributed by atoms with Crippen molar-refractivity contribution in [2.45, 2.75) is 46.1 Å². The lowest BCUT2D eigenvalue weighted by molar-refractivity contribution is 0.0943. The Morgan fingerprint density at radius 1 is 1.38 bits per heavy atom. The molecule has 0 bridgehead atoms. The first-order valence-corrected chi connectivity index (χ1v) is 8.30. The summed E-state index contributed by atoms with van der Waals surface area (Å²) in [7, 11) is 0. The highest BCUT2D eigenvalue weighted by Crippen LogP contribution is 2.25. The van der Waals surface area contributed by atoms with Crippen LogP contribution in [0.1, 0.15) is 59.0 Å². The molecule has 4 heteroatoms. The summed E-state index contributed by atoms with van der Waals surface area (Å²) in [5.41, 5.74) is 2.18. The number of nitrogens with zero attached hydrogens (tertiary/aromatic N) is 1. The van der Waals surface area contributed by atoms with Gasteiger partial charge in [-0.25, -0.2) is 0 Å². The Kier molecular flexibility index (Phi) is 5.51. The van der Waals surface area contributed by atoms with Crippen molar-refractivity contribution in [1.82, 2.24) is 10.3 Å². The molecule has 0 saturated carbocycles. The molecule has 0 fully saturated rings. The maximum absolute atomic E-state index is 12.4. The van der Waals surface area contributed by atoms with Gasteiger partial charge in [0.25, 0.3) is 5.91 Å². The number of aromatic nitrogens is 1. The summed E-state index contributed by atoms with van der Waals surface area (Å²) in [6, 6.07) is 7.70. The smallest absolute Gasteiger partial charge is 0.261 e. The summed E-state index contributed by atoms with van der Waals surface area (Å²) >= 11 is 1.62. The summed E-state index contributed by atoms with van der Waals surface area (Å²) < 4.78 is 0. The lowest BCUT2D eigenvalue weighted by Gasteiger charge is -2.12. The molecule has 1 unspecified atom stereocenters. The lowest BCUT2D eigenvalue weighted by Crippen LogP contribution is -2.26. The first-order valence-electron chi connectivity index (χ1n) is 7.49. The fraction of sp³-hybridized carbons (Fsp3) is 0.412. The predicted octanol–water partition coefficient (Wildman–Crippen LogP) is 4.15. The summed E-state index contributed by atoms with van der Waals surface area (Å²) in [5, 5.41) is 3.03. The van der Waals surface area contributed by atoms with Crippen molar-refractivity contribution in [3.05, 3.63) is 51.5 Å². The van der Waals surface area contributed by atoms with E-state index in [1.807, 2.05) is 31.2 Å². The largest absolute Gasteiger partial charge is 0.343 e. The number of hydrogen-bond donors (Lipinski definition) is 1. The summed E-state index contributed by atoms with van der Waals surface area (Å²) in [5.74, 6) is -0.00444. The fourth-order valence-electron chi connectivity index (χ4n) is 2.29. The van der Waals surface area contributed by atoms with Crippen molar-refractivity contribution in [1.29, 1.82) is 0 Å². The maximum atomic E-state index is 12.4. The summed E-state index contributed by atoms with van der Waals surface area (Å²) in [6.07, 6.45) is 4.89. The number of aryl methyl sites for hydroxylation is 2. The zero-order chi connectivity index (χ0) is 15.2. The number of carbonyl (C=O) groups excluding carboxylic acids is 1. The van der Waals surface area contributed by atoms with E-state index in [4.69, 9.17) is 0 Å². The van der Waals surface area contributed by atoms with Gasteiger partial charge in [-0.15, -0.1) is 11.3 Å². The fourth-order valence-corrected chi connectivity index (χ4v) is 3.55. The third-order valence-electron chi connectivity index (χ3n) is 3.46. The van der Waals surface area contributed by atoms with Gasteiger partial charge in [0.05, 0.1) is 16.6 Å². The number of thiophene rings is 1. The second-order valence-corrected chi connectivity index (χ2v) is 6.25. The summed E-state index contributed by atoms with van der Waals surface area (Å²) in [4.78, 5) is 18.8. The molecular formula is C17H22N2OS. The van der Waals surface area contributed by atoms with E-state index < -0.39 is 0 Å². The van der Waals surface area contributed by atoms with Gasteiger partial charge in [-0.1, -0.05) is 26.3 Å². The average molecular weight is 302 g/mol. The Morgan fingerprint density at radius 2 is 2.19 bits per heavy atom. The first kappa shape index (κ1) is 15.7. The quantitative estimate of drug-likeness (QED) is 0.871. The van der Waals surface area contributed by atoms with Crippen LogP contribution < -0.4 is 5.32 Å². The SMILES string of the molecule is CCCc1sc(C(=O)NC(C)c2ccccn2)cc1CC. The van der Waals surface area contributed by atoms with Crippen LogP contribution in [-0.2, 0) is 12.8 Å². The molecule has 3 nitrogen and oxygen atoms in total. The Labute approximate surface area is 130 Å². The van der Waals surface area contributed by atoms with E-state index in [1.54, 1.807) is 17.5 Å². The van der Waals surface area contributed by atoms with Gasteiger partial charge < -0.3 is 5.32 Å². The minimum Gasteiger partial charge on any atom is -0.343 e. The molecule has 1 atom stereocenters. The third kappa shape index (κ3) is 3.91. The van der Waals surface area contributed by atoms with Crippen LogP contribution in [-0.4, -0.2) is 10.9 Å². The van der Waals surface area contributed by atoms with Gasteiger partial charge in [-0.3, -0.25) is 9.78 Å². The van der Waals surface area contributed by atoms with Crippen LogP contribution >= 0.6 is 11.3 Å². The second kappa shape index (κ2) is 7.36. The van der Waals surface area contributed by atoms with E-state index in [1.165, 1.54) is 10.4 Å². The van der Waals surface area contributed by atoms with E-state index in [0.717, 1.165) is 29.8 Å². The first-order chi connectivity index (χ1) is 10.2. The van der Waals surface area contributed by atoms with Crippen LogP contribution in [0.5, 0.6) is 0 Å². The molecule has 2 rings (SSSR count). The van der Waals surface area contributed by atoms with Gasteiger partial charge in [0, 0.05) is 11.1 Å². The van der Waals surface area contributed by atoms with Gasteiger partial charge in [0.15, 0.2) is 0 Å². The van der Waals surface area contributed by atoms with Gasteiger partial charge >= 0.3 is 0 Å². The summed E-state index contributed by atoms with van der Waals surface area (Å²) in [6.45, 7) is 6.27. The van der Waals surface area contributed by atoms with Crippen molar-refractivity contribution in [2.75, 3.05) is 0 Å². The van der Waals surface area contributed by atoms with Gasteiger partial charge in [0.1, 0.15) is 0 Å². The molecule has 0 aliphatic heterocycles. The zero-order valence-corrected chi connectivity index (χ0v) is 13.7. The molecule has 2 heterocycles. The molecule has 112 valence electrons. The molecule has 21 heavy (non-hydrogen) atoms. The Hall–Kier alpha value is -1.68. The number of amides is 1. The van der Waals surface area contributed by atoms with Crippen molar-refractivity contribution < 1.29 is 4.79 Å². The highest BCUT2D eigenvalue weighted by Gasteiger charge is 2.16. The predicted molar refractivity (Wildman–Crippen MR) is 87.8 cm³/mol. The lowest BCUT2D eigenvalue weighted by atomic mass is 10.1. The topological polar surface area (TPSA) is 42.0 Å². The third-order valence-corrected chi connectivity index (χ3v) is 4.69. The molecule has 1 N–H and O–H groups in total. The van der Waals surface area contributed by atoms with E-state index in [2.05, 4.69) is 24.1 Å². The van der Waals surface area contributed by atoms with E-state index in [-0.39, 0.29) is 11.9 Å². The van der Waals surface area contributed by atoms with Crippen LogP contribution in [0.3, 0.4) is 0 Å². The van der Waals surface area contributed by atoms with E-state index >= 15 is 0 Å². The number of hydrogen-bond acceptors (Lipinski definition) is 3. The standard InChI is InChI=1S/C17H22N2OS/c1-4-8-15-13(5-2)11-16(21-15)17(20)19-12(3)14-9-6-7-10-18-14/h6-7,9-12H,4-5,8H2,1-3H3,(H,19,20). The molecule has 0 aliphatic rings. The van der Waals surface area contributed by atoms with Crippen molar-refractivity contribution in [3.63, 3.8) is 0 Å². The average Bonchev–Trinajstić information content (AvgIpc) is 2.91. The van der Waals surface area contributed by atoms with Crippen LogP contribution in [0.15, 0.2) is 30.5 Å². The minimum absolute atomic E-state index is 0.00444. The van der Waals surface area contributed by atoms with Crippen LogP contribution in [0.4, 0.5) is 0 Å². The van der Waals surface area contributed by atoms with Gasteiger partial charge in [-0.05, 0) is 43.5 Å². The molecule has 0 spiro atoms. The van der Waals surface area contributed by atoms with Gasteiger partial charge in [-0.2, -0.15) is 0 Å². The second-order valence-electron chi connectivity index (χ2n) is 5.11. The molecule has 1 amide bonds. The number of rotatable bonds is 6. The van der Waals surface area contributed by atoms with Crippen LogP contribution in [0.2, 0.25) is 0 Å². The van der Waals surface area contributed by atoms with Crippen molar-refractivity contribution in [2.24, 2.45) is 0 Å². The normalized spacial score (nSPS) is 12.1. The van der Waals surface area contributed by atoms with Crippen LogP contribution in [0.25, 0.3) is 0 Å². The van der Waals surface area contributed by atoms with Crippen molar-refractivity contribution in [3.8, 4) is 0 Å². The molecular weight excluding hydrogens is 280 g/mol. The minimum atomic E-state index is -0.0829. The Bertz CT molecular complexity index is 592. The number of nitrogens with one attached hydrogen (secondary N) is 1. The van der Waals surface area contributed by atoms with E-state index in [0.29, 0.717) is 0 Å². The maximum Gasteiger partial charge on any atom is 0.261 e. The Morgan fingerprint density at radius 3 is 2.81 bits per heavy atom.